The molecule has 1 heterocycles. The molecule has 1 aliphatic rings. The number of ether oxygens (including phenoxy) is 2. The van der Waals surface area contributed by atoms with Crippen molar-refractivity contribution in [2.24, 2.45) is 0 Å². The molecule has 1 N–H and O–H groups in total. The largest absolute Gasteiger partial charge is 0.492 e. The second-order valence-corrected chi connectivity index (χ2v) is 5.39. The minimum atomic E-state index is -2.52. The molecule has 4 nitrogen and oxygen atoms in total. The van der Waals surface area contributed by atoms with Gasteiger partial charge in [0, 0.05) is 12.0 Å². The maximum Gasteiger partial charge on any atom is 0.261 e. The van der Waals surface area contributed by atoms with E-state index in [1.807, 2.05) is 6.07 Å². The predicted molar refractivity (Wildman–Crippen MR) is 78.5 cm³/mol. The molecule has 1 aromatic carbocycles. The number of alkyl halides is 2. The summed E-state index contributed by atoms with van der Waals surface area (Å²) in [4.78, 5) is 11.9. The van der Waals surface area contributed by atoms with Gasteiger partial charge in [0.2, 0.25) is 5.91 Å². The maximum atomic E-state index is 11.9. The molecule has 0 saturated carbocycles. The molecule has 1 atom stereocenters. The SMILES string of the molecule is O=C(CCOCC(F)F)N[C@H]1CCCOc2c(Cl)cccc21. The molecule has 0 aliphatic carbocycles. The standard InChI is InChI=1S/C15H18ClF2NO3/c16-11-4-1-3-10-12(5-2-7-22-15(10)11)19-14(20)6-8-21-9-13(17)18/h1,3-4,12-13H,2,5-9H2,(H,19,20)/t12-/m0/s1. The molecule has 0 spiro atoms. The molecule has 1 amide bonds. The minimum absolute atomic E-state index is 0.0260. The van der Waals surface area contributed by atoms with E-state index in [4.69, 9.17) is 21.1 Å². The second-order valence-electron chi connectivity index (χ2n) is 4.98. The first-order valence-electron chi connectivity index (χ1n) is 7.14. The smallest absolute Gasteiger partial charge is 0.261 e. The van der Waals surface area contributed by atoms with Crippen molar-refractivity contribution in [1.29, 1.82) is 0 Å². The second kappa shape index (κ2) is 8.29. The van der Waals surface area contributed by atoms with Crippen LogP contribution in [0.25, 0.3) is 0 Å². The van der Waals surface area contributed by atoms with E-state index in [0.717, 1.165) is 18.4 Å². The van der Waals surface area contributed by atoms with Gasteiger partial charge >= 0.3 is 0 Å². The zero-order valence-electron chi connectivity index (χ0n) is 12.0. The van der Waals surface area contributed by atoms with Gasteiger partial charge in [0.15, 0.2) is 0 Å². The topological polar surface area (TPSA) is 47.6 Å². The number of rotatable bonds is 6. The summed E-state index contributed by atoms with van der Waals surface area (Å²) < 4.78 is 34.2. The summed E-state index contributed by atoms with van der Waals surface area (Å²) in [6.07, 6.45) is -0.953. The van der Waals surface area contributed by atoms with E-state index in [1.54, 1.807) is 12.1 Å². The Bertz CT molecular complexity index is 514. The average Bonchev–Trinajstić information content (AvgIpc) is 2.67. The number of para-hydroxylation sites is 1. The van der Waals surface area contributed by atoms with Gasteiger partial charge in [-0.2, -0.15) is 0 Å². The zero-order chi connectivity index (χ0) is 15.9. The van der Waals surface area contributed by atoms with Crippen molar-refractivity contribution in [2.45, 2.75) is 31.7 Å². The van der Waals surface area contributed by atoms with Gasteiger partial charge < -0.3 is 14.8 Å². The lowest BCUT2D eigenvalue weighted by Gasteiger charge is -2.19. The van der Waals surface area contributed by atoms with E-state index in [-0.39, 0.29) is 25.0 Å². The molecule has 1 aliphatic heterocycles. The molecule has 122 valence electrons. The van der Waals surface area contributed by atoms with Crippen LogP contribution < -0.4 is 10.1 Å². The van der Waals surface area contributed by atoms with Crippen LogP contribution in [0.4, 0.5) is 8.78 Å². The van der Waals surface area contributed by atoms with Gasteiger partial charge in [0.05, 0.1) is 24.3 Å². The molecule has 0 fully saturated rings. The summed E-state index contributed by atoms with van der Waals surface area (Å²) in [6, 6.07) is 5.22. The van der Waals surface area contributed by atoms with E-state index in [0.29, 0.717) is 17.4 Å². The Balaban J connectivity index is 1.92. The Labute approximate surface area is 132 Å². The Morgan fingerprint density at radius 2 is 2.32 bits per heavy atom. The normalized spacial score (nSPS) is 17.5. The lowest BCUT2D eigenvalue weighted by molar-refractivity contribution is -0.123. The number of carbonyl (C=O) groups is 1. The quantitative estimate of drug-likeness (QED) is 0.812. The molecular formula is C15H18ClF2NO3. The molecule has 0 bridgehead atoms. The van der Waals surface area contributed by atoms with Crippen molar-refractivity contribution in [1.82, 2.24) is 5.32 Å². The van der Waals surface area contributed by atoms with Crippen LogP contribution in [0.1, 0.15) is 30.9 Å². The van der Waals surface area contributed by atoms with Crippen molar-refractivity contribution in [3.8, 4) is 5.75 Å². The fourth-order valence-electron chi connectivity index (χ4n) is 2.32. The summed E-state index contributed by atoms with van der Waals surface area (Å²) in [6.45, 7) is -0.134. The van der Waals surface area contributed by atoms with Gasteiger partial charge in [-0.3, -0.25) is 4.79 Å². The first kappa shape index (κ1) is 17.0. The van der Waals surface area contributed by atoms with Gasteiger partial charge in [-0.1, -0.05) is 23.7 Å². The van der Waals surface area contributed by atoms with Crippen LogP contribution in [-0.4, -0.2) is 32.2 Å². The molecule has 2 rings (SSSR count). The third kappa shape index (κ3) is 4.81. The third-order valence-electron chi connectivity index (χ3n) is 3.31. The van der Waals surface area contributed by atoms with Crippen LogP contribution in [0.2, 0.25) is 5.02 Å². The Morgan fingerprint density at radius 3 is 3.09 bits per heavy atom. The van der Waals surface area contributed by atoms with Crippen molar-refractivity contribution in [3.63, 3.8) is 0 Å². The third-order valence-corrected chi connectivity index (χ3v) is 3.61. The highest BCUT2D eigenvalue weighted by Gasteiger charge is 2.23. The van der Waals surface area contributed by atoms with Crippen LogP contribution in [0, 0.1) is 0 Å². The molecule has 0 unspecified atom stereocenters. The van der Waals surface area contributed by atoms with Crippen LogP contribution in [0.3, 0.4) is 0 Å². The highest BCUT2D eigenvalue weighted by Crippen LogP contribution is 2.36. The number of benzene rings is 1. The fourth-order valence-corrected chi connectivity index (χ4v) is 2.56. The average molecular weight is 334 g/mol. The molecule has 1 aromatic rings. The lowest BCUT2D eigenvalue weighted by Crippen LogP contribution is -2.29. The monoisotopic (exact) mass is 333 g/mol. The molecule has 0 aromatic heterocycles. The summed E-state index contributed by atoms with van der Waals surface area (Å²) in [5.74, 6) is 0.355. The van der Waals surface area contributed by atoms with E-state index in [1.165, 1.54) is 0 Å². The first-order chi connectivity index (χ1) is 10.6. The Kier molecular flexibility index (Phi) is 6.39. The van der Waals surface area contributed by atoms with Gasteiger partial charge in [-0.25, -0.2) is 8.78 Å². The first-order valence-corrected chi connectivity index (χ1v) is 7.52. The van der Waals surface area contributed by atoms with Crippen LogP contribution >= 0.6 is 11.6 Å². The summed E-state index contributed by atoms with van der Waals surface area (Å²) >= 11 is 6.12. The van der Waals surface area contributed by atoms with E-state index < -0.39 is 13.0 Å². The van der Waals surface area contributed by atoms with E-state index >= 15 is 0 Å². The number of nitrogens with one attached hydrogen (secondary N) is 1. The molecule has 7 heteroatoms. The molecule has 0 radical (unpaired) electrons. The lowest BCUT2D eigenvalue weighted by atomic mass is 10.0. The van der Waals surface area contributed by atoms with Gasteiger partial charge in [0.25, 0.3) is 6.43 Å². The fraction of sp³-hybridized carbons (Fsp3) is 0.533. The summed E-state index contributed by atoms with van der Waals surface area (Å²) in [5.41, 5.74) is 0.840. The Morgan fingerprint density at radius 1 is 1.50 bits per heavy atom. The number of fused-ring (bicyclic) bond motifs is 1. The number of amides is 1. The number of hydrogen-bond donors (Lipinski definition) is 1. The maximum absolute atomic E-state index is 11.9. The Hall–Kier alpha value is -1.40. The number of carbonyl (C=O) groups excluding carboxylic acids is 1. The van der Waals surface area contributed by atoms with Crippen LogP contribution in [-0.2, 0) is 9.53 Å². The minimum Gasteiger partial charge on any atom is -0.492 e. The highest BCUT2D eigenvalue weighted by molar-refractivity contribution is 6.32. The van der Waals surface area contributed by atoms with Crippen molar-refractivity contribution < 1.29 is 23.0 Å². The van der Waals surface area contributed by atoms with Gasteiger partial charge in [-0.15, -0.1) is 0 Å². The van der Waals surface area contributed by atoms with Gasteiger partial charge in [0.1, 0.15) is 12.4 Å². The number of halogens is 3. The molecule has 22 heavy (non-hydrogen) atoms. The molecule has 0 saturated heterocycles. The van der Waals surface area contributed by atoms with E-state index in [2.05, 4.69) is 5.32 Å². The van der Waals surface area contributed by atoms with Crippen LogP contribution in [0.5, 0.6) is 5.75 Å². The van der Waals surface area contributed by atoms with Crippen LogP contribution in [0.15, 0.2) is 18.2 Å². The van der Waals surface area contributed by atoms with Gasteiger partial charge in [-0.05, 0) is 18.9 Å². The van der Waals surface area contributed by atoms with Crippen molar-refractivity contribution in [3.05, 3.63) is 28.8 Å². The number of hydrogen-bond acceptors (Lipinski definition) is 3. The summed E-state index contributed by atoms with van der Waals surface area (Å²) in [7, 11) is 0. The predicted octanol–water partition coefficient (Wildman–Crippen LogP) is 3.34. The van der Waals surface area contributed by atoms with E-state index in [9.17, 15) is 13.6 Å². The summed E-state index contributed by atoms with van der Waals surface area (Å²) in [5, 5.41) is 3.40. The zero-order valence-corrected chi connectivity index (χ0v) is 12.7. The van der Waals surface area contributed by atoms with Crippen molar-refractivity contribution >= 4 is 17.5 Å². The van der Waals surface area contributed by atoms with Crippen molar-refractivity contribution in [2.75, 3.05) is 19.8 Å². The highest BCUT2D eigenvalue weighted by atomic mass is 35.5. The molecular weight excluding hydrogens is 316 g/mol.